The number of nitrogens with one attached hydrogen (secondary N) is 1. The molecule has 0 aliphatic carbocycles. The molecule has 7 heteroatoms. The Morgan fingerprint density at radius 3 is 2.64 bits per heavy atom. The highest BCUT2D eigenvalue weighted by atomic mass is 19.1. The number of rotatable bonds is 3. The first-order valence-electron chi connectivity index (χ1n) is 8.26. The number of H-pyrrole nitrogens is 1. The molecule has 1 N–H and O–H groups in total. The van der Waals surface area contributed by atoms with Gasteiger partial charge in [-0.3, -0.25) is 9.78 Å². The van der Waals surface area contributed by atoms with Crippen LogP contribution in [0.1, 0.15) is 10.4 Å². The quantitative estimate of drug-likeness (QED) is 0.431. The summed E-state index contributed by atoms with van der Waals surface area (Å²) in [6, 6.07) is 12.0. The van der Waals surface area contributed by atoms with Gasteiger partial charge < -0.3 is 9.72 Å². The molecule has 0 saturated heterocycles. The number of halogens is 2. The van der Waals surface area contributed by atoms with E-state index in [1.165, 1.54) is 54.9 Å². The minimum Gasteiger partial charge on any atom is -0.420 e. The van der Waals surface area contributed by atoms with Crippen molar-refractivity contribution in [3.63, 3.8) is 0 Å². The van der Waals surface area contributed by atoms with Crippen molar-refractivity contribution < 1.29 is 18.3 Å². The second-order valence-electron chi connectivity index (χ2n) is 6.01. The Morgan fingerprint density at radius 2 is 1.89 bits per heavy atom. The number of nitrogens with zero attached hydrogens (tertiary/aromatic N) is 1. The van der Waals surface area contributed by atoms with Crippen molar-refractivity contribution in [2.45, 2.75) is 0 Å². The highest BCUT2D eigenvalue weighted by Crippen LogP contribution is 2.25. The summed E-state index contributed by atoms with van der Waals surface area (Å²) in [4.78, 5) is 31.0. The first-order chi connectivity index (χ1) is 13.5. The van der Waals surface area contributed by atoms with Crippen LogP contribution in [0, 0.1) is 11.6 Å². The number of ether oxygens (including phenoxy) is 1. The van der Waals surface area contributed by atoms with Crippen molar-refractivity contribution in [1.82, 2.24) is 9.97 Å². The number of hydrogen-bond donors (Lipinski definition) is 1. The topological polar surface area (TPSA) is 72.1 Å². The molecule has 5 nitrogen and oxygen atoms in total. The van der Waals surface area contributed by atoms with E-state index in [0.29, 0.717) is 22.2 Å². The van der Waals surface area contributed by atoms with Crippen LogP contribution < -0.4 is 10.2 Å². The molecule has 0 atom stereocenters. The van der Waals surface area contributed by atoms with E-state index in [2.05, 4.69) is 9.97 Å². The van der Waals surface area contributed by atoms with E-state index in [9.17, 15) is 18.4 Å². The zero-order chi connectivity index (χ0) is 19.7. The van der Waals surface area contributed by atoms with Crippen molar-refractivity contribution in [2.24, 2.45) is 0 Å². The lowest BCUT2D eigenvalue weighted by Crippen LogP contribution is -2.09. The first kappa shape index (κ1) is 17.5. The van der Waals surface area contributed by atoms with E-state index in [0.717, 1.165) is 6.07 Å². The second-order valence-corrected chi connectivity index (χ2v) is 6.01. The van der Waals surface area contributed by atoms with E-state index < -0.39 is 17.6 Å². The molecule has 0 fully saturated rings. The van der Waals surface area contributed by atoms with Crippen molar-refractivity contribution in [2.75, 3.05) is 0 Å². The molecule has 0 aliphatic heterocycles. The molecule has 28 heavy (non-hydrogen) atoms. The first-order valence-corrected chi connectivity index (χ1v) is 8.26. The fourth-order valence-corrected chi connectivity index (χ4v) is 2.77. The number of pyridine rings is 2. The molecule has 0 aliphatic rings. The number of esters is 1. The number of benzene rings is 2. The molecule has 0 bridgehead atoms. The SMILES string of the molecule is O=C(Oc1ccc(-c2cc(=O)c3ccc(F)cc3[nH]2)cc1F)c1cccnc1. The van der Waals surface area contributed by atoms with Crippen molar-refractivity contribution in [1.29, 1.82) is 0 Å². The average Bonchev–Trinajstić information content (AvgIpc) is 2.69. The van der Waals surface area contributed by atoms with Gasteiger partial charge in [-0.25, -0.2) is 13.6 Å². The summed E-state index contributed by atoms with van der Waals surface area (Å²) in [6.45, 7) is 0. The summed E-state index contributed by atoms with van der Waals surface area (Å²) in [7, 11) is 0. The highest BCUT2D eigenvalue weighted by Gasteiger charge is 2.14. The number of fused-ring (bicyclic) bond motifs is 1. The molecule has 2 aromatic heterocycles. The molecule has 4 aromatic rings. The summed E-state index contributed by atoms with van der Waals surface area (Å²) in [5.74, 6) is -2.28. The zero-order valence-electron chi connectivity index (χ0n) is 14.3. The molecule has 0 unspecified atom stereocenters. The van der Waals surface area contributed by atoms with Gasteiger partial charge >= 0.3 is 5.97 Å². The maximum atomic E-state index is 14.4. The van der Waals surface area contributed by atoms with E-state index in [1.807, 2.05) is 0 Å². The minimum absolute atomic E-state index is 0.187. The summed E-state index contributed by atoms with van der Waals surface area (Å²) in [5, 5.41) is 0.327. The maximum Gasteiger partial charge on any atom is 0.345 e. The predicted octanol–water partition coefficient (Wildman–Crippen LogP) is 4.09. The summed E-state index contributed by atoms with van der Waals surface area (Å²) >= 11 is 0. The Kier molecular flexibility index (Phi) is 4.41. The lowest BCUT2D eigenvalue weighted by Gasteiger charge is -2.08. The third kappa shape index (κ3) is 3.37. The minimum atomic E-state index is -0.782. The Bertz CT molecular complexity index is 1250. The predicted molar refractivity (Wildman–Crippen MR) is 99.1 cm³/mol. The second kappa shape index (κ2) is 7.03. The van der Waals surface area contributed by atoms with Gasteiger partial charge in [0.25, 0.3) is 0 Å². The molecule has 0 spiro atoms. The van der Waals surface area contributed by atoms with Gasteiger partial charge in [-0.1, -0.05) is 0 Å². The van der Waals surface area contributed by atoms with Gasteiger partial charge in [0.05, 0.1) is 11.1 Å². The van der Waals surface area contributed by atoms with Crippen LogP contribution in [-0.2, 0) is 0 Å². The van der Waals surface area contributed by atoms with E-state index in [4.69, 9.17) is 4.74 Å². The van der Waals surface area contributed by atoms with Gasteiger partial charge in [-0.2, -0.15) is 0 Å². The number of aromatic nitrogens is 2. The molecule has 0 radical (unpaired) electrons. The van der Waals surface area contributed by atoms with Gasteiger partial charge in [-0.15, -0.1) is 0 Å². The van der Waals surface area contributed by atoms with Crippen LogP contribution in [0.3, 0.4) is 0 Å². The van der Waals surface area contributed by atoms with E-state index in [-0.39, 0.29) is 16.7 Å². The van der Waals surface area contributed by atoms with Crippen LogP contribution in [0.25, 0.3) is 22.2 Å². The van der Waals surface area contributed by atoms with Crippen molar-refractivity contribution >= 4 is 16.9 Å². The standard InChI is InChI=1S/C21H12F2N2O3/c22-14-4-5-15-18(9-14)25-17(10-19(15)26)12-3-6-20(16(23)8-12)28-21(27)13-2-1-7-24-11-13/h1-11H,(H,25,26). The zero-order valence-corrected chi connectivity index (χ0v) is 14.3. The van der Waals surface area contributed by atoms with E-state index >= 15 is 0 Å². The Balaban J connectivity index is 1.67. The smallest absolute Gasteiger partial charge is 0.345 e. The lowest BCUT2D eigenvalue weighted by molar-refractivity contribution is 0.0727. The van der Waals surface area contributed by atoms with E-state index in [1.54, 1.807) is 6.07 Å². The van der Waals surface area contributed by atoms with Crippen molar-refractivity contribution in [3.8, 4) is 17.0 Å². The highest BCUT2D eigenvalue weighted by molar-refractivity contribution is 5.90. The summed E-state index contributed by atoms with van der Waals surface area (Å²) in [6.07, 6.45) is 2.82. The largest absolute Gasteiger partial charge is 0.420 e. The Morgan fingerprint density at radius 1 is 1.04 bits per heavy atom. The molecule has 2 aromatic carbocycles. The van der Waals surface area contributed by atoms with Gasteiger partial charge in [-0.05, 0) is 48.5 Å². The molecule has 4 rings (SSSR count). The van der Waals surface area contributed by atoms with Gasteiger partial charge in [0.2, 0.25) is 0 Å². The van der Waals surface area contributed by atoms with Crippen LogP contribution in [-0.4, -0.2) is 15.9 Å². The maximum absolute atomic E-state index is 14.4. The summed E-state index contributed by atoms with van der Waals surface area (Å²) < 4.78 is 32.9. The molecule has 2 heterocycles. The number of hydrogen-bond acceptors (Lipinski definition) is 4. The Labute approximate surface area is 157 Å². The van der Waals surface area contributed by atoms with Crippen LogP contribution in [0.5, 0.6) is 5.75 Å². The molecular weight excluding hydrogens is 366 g/mol. The number of carbonyl (C=O) groups is 1. The number of carbonyl (C=O) groups excluding carboxylic acids is 1. The van der Waals surface area contributed by atoms with Crippen LogP contribution in [0.15, 0.2) is 71.8 Å². The third-order valence-electron chi connectivity index (χ3n) is 4.13. The number of aromatic amines is 1. The fraction of sp³-hybridized carbons (Fsp3) is 0. The molecular formula is C21H12F2N2O3. The summed E-state index contributed by atoms with van der Waals surface area (Å²) in [5.41, 5.74) is 0.826. The fourth-order valence-electron chi connectivity index (χ4n) is 2.77. The molecule has 0 saturated carbocycles. The molecule has 138 valence electrons. The normalized spacial score (nSPS) is 10.8. The van der Waals surface area contributed by atoms with Crippen molar-refractivity contribution in [3.05, 3.63) is 94.4 Å². The van der Waals surface area contributed by atoms with Gasteiger partial charge in [0.1, 0.15) is 5.82 Å². The average molecular weight is 378 g/mol. The van der Waals surface area contributed by atoms with Crippen LogP contribution >= 0.6 is 0 Å². The van der Waals surface area contributed by atoms with Crippen LogP contribution in [0.4, 0.5) is 8.78 Å². The lowest BCUT2D eigenvalue weighted by atomic mass is 10.1. The van der Waals surface area contributed by atoms with Gasteiger partial charge in [0.15, 0.2) is 17.0 Å². The Hall–Kier alpha value is -3.87. The monoisotopic (exact) mass is 378 g/mol. The van der Waals surface area contributed by atoms with Crippen LogP contribution in [0.2, 0.25) is 0 Å². The van der Waals surface area contributed by atoms with Gasteiger partial charge in [0, 0.05) is 35.1 Å². The molecule has 0 amide bonds. The third-order valence-corrected chi connectivity index (χ3v) is 4.13.